The summed E-state index contributed by atoms with van der Waals surface area (Å²) in [5.41, 5.74) is 0.759. The van der Waals surface area contributed by atoms with Gasteiger partial charge in [0.25, 0.3) is 5.69 Å². The highest BCUT2D eigenvalue weighted by Crippen LogP contribution is 2.26. The van der Waals surface area contributed by atoms with Crippen LogP contribution in [-0.4, -0.2) is 50.1 Å². The van der Waals surface area contributed by atoms with Crippen molar-refractivity contribution in [3.8, 4) is 0 Å². The van der Waals surface area contributed by atoms with E-state index in [-0.39, 0.29) is 23.2 Å². The molecule has 1 aromatic carbocycles. The van der Waals surface area contributed by atoms with Crippen molar-refractivity contribution in [3.63, 3.8) is 0 Å². The van der Waals surface area contributed by atoms with Crippen molar-refractivity contribution in [1.82, 2.24) is 9.62 Å². The summed E-state index contributed by atoms with van der Waals surface area (Å²) in [5, 5.41) is 11.0. The fourth-order valence-corrected chi connectivity index (χ4v) is 4.51. The number of non-ortho nitro benzene ring substituents is 1. The molecule has 0 aromatic heterocycles. The van der Waals surface area contributed by atoms with E-state index in [1.54, 1.807) is 20.8 Å². The van der Waals surface area contributed by atoms with Crippen molar-refractivity contribution in [1.29, 1.82) is 0 Å². The lowest BCUT2D eigenvalue weighted by atomic mass is 10.1. The minimum atomic E-state index is -3.91. The van der Waals surface area contributed by atoms with E-state index in [1.165, 1.54) is 11.0 Å². The van der Waals surface area contributed by atoms with Crippen molar-refractivity contribution in [3.05, 3.63) is 33.4 Å². The molecule has 2 rings (SSSR count). The molecule has 0 radical (unpaired) electrons. The Kier molecular flexibility index (Phi) is 6.19. The second-order valence-electron chi connectivity index (χ2n) is 6.22. The standard InChI is InChI=1S/C16H23N3O6S/c1-4-25-16(20)18-7-5-13(6-8-18)17-26(23,24)15-10-14(19(21)22)9-11(2)12(15)3/h9-10,13,17H,4-8H2,1-3H3. The number of nitrogens with one attached hydrogen (secondary N) is 1. The number of hydrogen-bond donors (Lipinski definition) is 1. The van der Waals surface area contributed by atoms with E-state index in [2.05, 4.69) is 4.72 Å². The Morgan fingerprint density at radius 3 is 2.50 bits per heavy atom. The van der Waals surface area contributed by atoms with Gasteiger partial charge in [0.15, 0.2) is 0 Å². The van der Waals surface area contributed by atoms with Crippen LogP contribution in [0.4, 0.5) is 10.5 Å². The Morgan fingerprint density at radius 1 is 1.35 bits per heavy atom. The molecular weight excluding hydrogens is 362 g/mol. The average molecular weight is 385 g/mol. The van der Waals surface area contributed by atoms with Crippen LogP contribution in [0.25, 0.3) is 0 Å². The summed E-state index contributed by atoms with van der Waals surface area (Å²) in [6.45, 7) is 6.05. The lowest BCUT2D eigenvalue weighted by Crippen LogP contribution is -2.46. The highest BCUT2D eigenvalue weighted by Gasteiger charge is 2.29. The van der Waals surface area contributed by atoms with Gasteiger partial charge in [-0.1, -0.05) is 0 Å². The minimum absolute atomic E-state index is 0.0861. The zero-order valence-electron chi connectivity index (χ0n) is 15.0. The molecule has 1 aliphatic rings. The van der Waals surface area contributed by atoms with Crippen LogP contribution in [-0.2, 0) is 14.8 Å². The molecule has 0 atom stereocenters. The number of carbonyl (C=O) groups excluding carboxylic acids is 1. The maximum atomic E-state index is 12.7. The fraction of sp³-hybridized carbons (Fsp3) is 0.562. The van der Waals surface area contributed by atoms with Gasteiger partial charge in [-0.15, -0.1) is 0 Å². The van der Waals surface area contributed by atoms with Crippen molar-refractivity contribution >= 4 is 21.8 Å². The van der Waals surface area contributed by atoms with E-state index in [0.29, 0.717) is 37.1 Å². The molecule has 0 aliphatic carbocycles. The molecule has 10 heteroatoms. The number of aryl methyl sites for hydroxylation is 1. The van der Waals surface area contributed by atoms with E-state index in [1.807, 2.05) is 0 Å². The number of nitro benzene ring substituents is 1. The zero-order chi connectivity index (χ0) is 19.5. The van der Waals surface area contributed by atoms with Gasteiger partial charge in [0.2, 0.25) is 10.0 Å². The van der Waals surface area contributed by atoms with Crippen molar-refractivity contribution in [2.75, 3.05) is 19.7 Å². The number of piperidine rings is 1. The third-order valence-electron chi connectivity index (χ3n) is 4.45. The maximum absolute atomic E-state index is 12.7. The number of nitro groups is 1. The molecule has 1 N–H and O–H groups in total. The van der Waals surface area contributed by atoms with Crippen LogP contribution in [0, 0.1) is 24.0 Å². The highest BCUT2D eigenvalue weighted by atomic mass is 32.2. The first kappa shape index (κ1) is 20.1. The molecule has 1 fully saturated rings. The summed E-state index contributed by atoms with van der Waals surface area (Å²) >= 11 is 0. The first-order valence-corrected chi connectivity index (χ1v) is 9.83. The summed E-state index contributed by atoms with van der Waals surface area (Å²) in [6, 6.07) is 2.09. The molecule has 1 aliphatic heterocycles. The van der Waals surface area contributed by atoms with Gasteiger partial charge in [0.05, 0.1) is 16.4 Å². The molecule has 1 amide bonds. The second-order valence-corrected chi connectivity index (χ2v) is 7.91. The lowest BCUT2D eigenvalue weighted by molar-refractivity contribution is -0.385. The SMILES string of the molecule is CCOC(=O)N1CCC(NS(=O)(=O)c2cc([N+](=O)[O-])cc(C)c2C)CC1. The van der Waals surface area contributed by atoms with Crippen LogP contribution < -0.4 is 4.72 Å². The van der Waals surface area contributed by atoms with Gasteiger partial charge in [-0.05, 0) is 44.7 Å². The van der Waals surface area contributed by atoms with E-state index >= 15 is 0 Å². The van der Waals surface area contributed by atoms with Crippen molar-refractivity contribution < 1.29 is 22.9 Å². The Bertz CT molecular complexity index is 800. The van der Waals surface area contributed by atoms with E-state index in [0.717, 1.165) is 6.07 Å². The van der Waals surface area contributed by atoms with Gasteiger partial charge in [0.1, 0.15) is 0 Å². The third kappa shape index (κ3) is 4.50. The molecule has 0 unspecified atom stereocenters. The normalized spacial score (nSPS) is 15.7. The number of likely N-dealkylation sites (tertiary alicyclic amines) is 1. The summed E-state index contributed by atoms with van der Waals surface area (Å²) in [5.74, 6) is 0. The van der Waals surface area contributed by atoms with Crippen molar-refractivity contribution in [2.24, 2.45) is 0 Å². The van der Waals surface area contributed by atoms with Gasteiger partial charge in [0, 0.05) is 31.3 Å². The number of benzene rings is 1. The van der Waals surface area contributed by atoms with Crippen LogP contribution in [0.15, 0.2) is 17.0 Å². The first-order chi connectivity index (χ1) is 12.2. The molecule has 9 nitrogen and oxygen atoms in total. The molecule has 0 spiro atoms. The van der Waals surface area contributed by atoms with Gasteiger partial charge in [-0.2, -0.15) is 0 Å². The summed E-state index contributed by atoms with van der Waals surface area (Å²) in [6.07, 6.45) is 0.495. The smallest absolute Gasteiger partial charge is 0.409 e. The largest absolute Gasteiger partial charge is 0.450 e. The van der Waals surface area contributed by atoms with Gasteiger partial charge < -0.3 is 9.64 Å². The number of amides is 1. The Labute approximate surface area is 152 Å². The van der Waals surface area contributed by atoms with Crippen LogP contribution >= 0.6 is 0 Å². The minimum Gasteiger partial charge on any atom is -0.450 e. The molecule has 1 heterocycles. The topological polar surface area (TPSA) is 119 Å². The van der Waals surface area contributed by atoms with Crippen LogP contribution in [0.5, 0.6) is 0 Å². The maximum Gasteiger partial charge on any atom is 0.409 e. The molecule has 1 saturated heterocycles. The van der Waals surface area contributed by atoms with Gasteiger partial charge >= 0.3 is 6.09 Å². The number of rotatable bonds is 5. The van der Waals surface area contributed by atoms with Gasteiger partial charge in [-0.25, -0.2) is 17.9 Å². The quantitative estimate of drug-likeness (QED) is 0.612. The second kappa shape index (κ2) is 8.00. The molecule has 0 bridgehead atoms. The number of sulfonamides is 1. The van der Waals surface area contributed by atoms with Crippen LogP contribution in [0.3, 0.4) is 0 Å². The highest BCUT2D eigenvalue weighted by molar-refractivity contribution is 7.89. The lowest BCUT2D eigenvalue weighted by Gasteiger charge is -2.31. The predicted octanol–water partition coefficient (Wildman–Crippen LogP) is 2.11. The van der Waals surface area contributed by atoms with Crippen molar-refractivity contribution in [2.45, 2.75) is 44.6 Å². The third-order valence-corrected chi connectivity index (χ3v) is 6.09. The molecule has 1 aromatic rings. The predicted molar refractivity (Wildman–Crippen MR) is 94.5 cm³/mol. The zero-order valence-corrected chi connectivity index (χ0v) is 15.8. The monoisotopic (exact) mass is 385 g/mol. The molecular formula is C16H23N3O6S. The number of hydrogen-bond acceptors (Lipinski definition) is 6. The fourth-order valence-electron chi connectivity index (χ4n) is 2.87. The Balaban J connectivity index is 2.13. The number of nitrogens with zero attached hydrogens (tertiary/aromatic N) is 2. The van der Waals surface area contributed by atoms with E-state index in [9.17, 15) is 23.3 Å². The summed E-state index contributed by atoms with van der Waals surface area (Å²) in [7, 11) is -3.91. The van der Waals surface area contributed by atoms with Gasteiger partial charge in [-0.3, -0.25) is 10.1 Å². The number of carbonyl (C=O) groups is 1. The molecule has 144 valence electrons. The summed E-state index contributed by atoms with van der Waals surface area (Å²) < 4.78 is 33.0. The molecule has 26 heavy (non-hydrogen) atoms. The molecule has 0 saturated carbocycles. The average Bonchev–Trinajstić information content (AvgIpc) is 2.57. The number of ether oxygens (including phenoxy) is 1. The summed E-state index contributed by atoms with van der Waals surface area (Å²) in [4.78, 5) is 23.6. The van der Waals surface area contributed by atoms with E-state index < -0.39 is 21.0 Å². The van der Waals surface area contributed by atoms with Crippen LogP contribution in [0.2, 0.25) is 0 Å². The Hall–Kier alpha value is -2.20. The van der Waals surface area contributed by atoms with E-state index in [4.69, 9.17) is 4.74 Å². The van der Waals surface area contributed by atoms with Crippen LogP contribution in [0.1, 0.15) is 30.9 Å². The Morgan fingerprint density at radius 2 is 1.96 bits per heavy atom. The first-order valence-electron chi connectivity index (χ1n) is 8.35.